The van der Waals surface area contributed by atoms with Crippen molar-refractivity contribution in [1.82, 2.24) is 5.48 Å². The number of aliphatic hydroxyl groups excluding tert-OH is 2. The molecule has 1 amide bonds. The van der Waals surface area contributed by atoms with Crippen molar-refractivity contribution in [1.29, 1.82) is 0 Å². The number of benzene rings is 1. The number of hydrogen-bond acceptors (Lipinski definition) is 5. The van der Waals surface area contributed by atoms with Crippen LogP contribution in [0, 0.1) is 5.92 Å². The Morgan fingerprint density at radius 2 is 2.00 bits per heavy atom. The lowest BCUT2D eigenvalue weighted by atomic mass is 9.93. The smallest absolute Gasteiger partial charge is 0.267 e. The molecule has 0 bridgehead atoms. The topological polar surface area (TPSA) is 99.0 Å². The van der Waals surface area contributed by atoms with Crippen molar-refractivity contribution < 1.29 is 25.0 Å². The fraction of sp³-hybridized carbons (Fsp3) is 0.389. The monoisotopic (exact) mass is 335 g/mol. The molecule has 1 aromatic rings. The van der Waals surface area contributed by atoms with Gasteiger partial charge in [0, 0.05) is 6.08 Å². The van der Waals surface area contributed by atoms with Crippen LogP contribution in [0.3, 0.4) is 0 Å². The summed E-state index contributed by atoms with van der Waals surface area (Å²) >= 11 is 0. The SMILES string of the molecule is C[C@H](CC/C=C/C=C/C(=O)NO)[C@H](O)c1ccc(OCCO)cc1. The van der Waals surface area contributed by atoms with E-state index in [1.807, 2.05) is 25.1 Å². The Labute approximate surface area is 142 Å². The zero-order valence-corrected chi connectivity index (χ0v) is 13.8. The summed E-state index contributed by atoms with van der Waals surface area (Å²) in [6.45, 7) is 2.19. The molecule has 2 atom stereocenters. The van der Waals surface area contributed by atoms with E-state index in [9.17, 15) is 9.90 Å². The van der Waals surface area contributed by atoms with Crippen molar-refractivity contribution in [3.05, 3.63) is 54.1 Å². The zero-order chi connectivity index (χ0) is 17.8. The van der Waals surface area contributed by atoms with Gasteiger partial charge in [0.2, 0.25) is 0 Å². The number of allylic oxidation sites excluding steroid dienone is 3. The van der Waals surface area contributed by atoms with E-state index >= 15 is 0 Å². The van der Waals surface area contributed by atoms with Crippen molar-refractivity contribution >= 4 is 5.91 Å². The number of amides is 1. The lowest BCUT2D eigenvalue weighted by Gasteiger charge is -2.19. The first-order valence-corrected chi connectivity index (χ1v) is 7.87. The van der Waals surface area contributed by atoms with Crippen molar-refractivity contribution in [3.8, 4) is 5.75 Å². The maximum absolute atomic E-state index is 10.7. The lowest BCUT2D eigenvalue weighted by Crippen LogP contribution is -2.14. The van der Waals surface area contributed by atoms with Gasteiger partial charge in [0.05, 0.1) is 12.7 Å². The molecule has 1 aromatic carbocycles. The Morgan fingerprint density at radius 1 is 1.29 bits per heavy atom. The molecule has 6 heteroatoms. The summed E-state index contributed by atoms with van der Waals surface area (Å²) in [4.78, 5) is 10.7. The van der Waals surface area contributed by atoms with Gasteiger partial charge in [0.15, 0.2) is 0 Å². The molecule has 0 saturated heterocycles. The third-order valence-electron chi connectivity index (χ3n) is 3.51. The first kappa shape index (κ1) is 19.9. The van der Waals surface area contributed by atoms with Crippen LogP contribution >= 0.6 is 0 Å². The summed E-state index contributed by atoms with van der Waals surface area (Å²) in [5, 5.41) is 27.4. The van der Waals surface area contributed by atoms with Gasteiger partial charge in [-0.15, -0.1) is 0 Å². The molecular formula is C18H25NO5. The molecule has 4 N–H and O–H groups in total. The molecule has 0 radical (unpaired) electrons. The Balaban J connectivity index is 2.41. The third-order valence-corrected chi connectivity index (χ3v) is 3.51. The molecule has 24 heavy (non-hydrogen) atoms. The van der Waals surface area contributed by atoms with Crippen LogP contribution in [0.25, 0.3) is 0 Å². The van der Waals surface area contributed by atoms with E-state index in [1.54, 1.807) is 18.2 Å². The summed E-state index contributed by atoms with van der Waals surface area (Å²) in [6, 6.07) is 7.19. The molecule has 0 aliphatic heterocycles. The number of hydrogen-bond donors (Lipinski definition) is 4. The maximum atomic E-state index is 10.7. The van der Waals surface area contributed by atoms with Gasteiger partial charge in [0.25, 0.3) is 5.91 Å². The Morgan fingerprint density at radius 3 is 2.62 bits per heavy atom. The van der Waals surface area contributed by atoms with Crippen LogP contribution in [0.1, 0.15) is 31.4 Å². The van der Waals surface area contributed by atoms with Crippen LogP contribution in [-0.4, -0.2) is 34.5 Å². The molecule has 0 saturated carbocycles. The molecule has 0 spiro atoms. The van der Waals surface area contributed by atoms with E-state index in [2.05, 4.69) is 0 Å². The minimum atomic E-state index is -0.574. The summed E-state index contributed by atoms with van der Waals surface area (Å²) in [7, 11) is 0. The minimum absolute atomic E-state index is 0.0329. The van der Waals surface area contributed by atoms with Gasteiger partial charge in [-0.05, 0) is 36.5 Å². The second kappa shape index (κ2) is 11.4. The average Bonchev–Trinajstić information content (AvgIpc) is 2.62. The molecular weight excluding hydrogens is 310 g/mol. The third kappa shape index (κ3) is 7.41. The molecule has 6 nitrogen and oxygen atoms in total. The van der Waals surface area contributed by atoms with E-state index in [0.29, 0.717) is 5.75 Å². The second-order valence-electron chi connectivity index (χ2n) is 5.40. The predicted molar refractivity (Wildman–Crippen MR) is 90.6 cm³/mol. The van der Waals surface area contributed by atoms with Crippen LogP contribution in [-0.2, 0) is 4.79 Å². The number of carbonyl (C=O) groups is 1. The zero-order valence-electron chi connectivity index (χ0n) is 13.8. The van der Waals surface area contributed by atoms with Gasteiger partial charge in [-0.1, -0.05) is 37.3 Å². The van der Waals surface area contributed by atoms with Gasteiger partial charge >= 0.3 is 0 Å². The number of rotatable bonds is 10. The molecule has 0 aliphatic rings. The molecule has 132 valence electrons. The predicted octanol–water partition coefficient (Wildman–Crippen LogP) is 2.13. The maximum Gasteiger partial charge on any atom is 0.267 e. The summed E-state index contributed by atoms with van der Waals surface area (Å²) in [5.41, 5.74) is 2.33. The molecule has 0 aliphatic carbocycles. The Bertz CT molecular complexity index is 539. The van der Waals surface area contributed by atoms with Gasteiger partial charge < -0.3 is 14.9 Å². The van der Waals surface area contributed by atoms with E-state index in [1.165, 1.54) is 17.6 Å². The standard InChI is InChI=1S/C18H25NO5/c1-14(6-4-2-3-5-7-17(21)19-23)18(22)15-8-10-16(11-9-15)24-13-12-20/h2-3,5,7-11,14,18,20,22-23H,4,6,12-13H2,1H3,(H,19,21)/b3-2+,7-5+/t14-,18+/m1/s1. The first-order chi connectivity index (χ1) is 11.6. The highest BCUT2D eigenvalue weighted by Gasteiger charge is 2.15. The van der Waals surface area contributed by atoms with E-state index in [4.69, 9.17) is 15.1 Å². The highest BCUT2D eigenvalue weighted by atomic mass is 16.5. The summed E-state index contributed by atoms with van der Waals surface area (Å²) in [6.07, 6.45) is 7.37. The van der Waals surface area contributed by atoms with Crippen LogP contribution in [0.15, 0.2) is 48.6 Å². The van der Waals surface area contributed by atoms with E-state index in [0.717, 1.165) is 18.4 Å². The van der Waals surface area contributed by atoms with E-state index < -0.39 is 12.0 Å². The van der Waals surface area contributed by atoms with Crippen molar-refractivity contribution in [2.45, 2.75) is 25.9 Å². The average molecular weight is 335 g/mol. The van der Waals surface area contributed by atoms with Gasteiger partial charge in [-0.3, -0.25) is 10.0 Å². The Hall–Kier alpha value is -2.15. The number of carbonyl (C=O) groups excluding carboxylic acids is 1. The van der Waals surface area contributed by atoms with Crippen LogP contribution in [0.4, 0.5) is 0 Å². The molecule has 0 heterocycles. The summed E-state index contributed by atoms with van der Waals surface area (Å²) < 4.78 is 5.29. The highest BCUT2D eigenvalue weighted by Crippen LogP contribution is 2.27. The molecule has 0 aromatic heterocycles. The van der Waals surface area contributed by atoms with Gasteiger partial charge in [-0.2, -0.15) is 0 Å². The number of nitrogens with one attached hydrogen (secondary N) is 1. The number of aliphatic hydroxyl groups is 2. The first-order valence-electron chi connectivity index (χ1n) is 7.87. The lowest BCUT2D eigenvalue weighted by molar-refractivity contribution is -0.124. The van der Waals surface area contributed by atoms with Crippen LogP contribution in [0.2, 0.25) is 0 Å². The Kier molecular flexibility index (Phi) is 9.45. The van der Waals surface area contributed by atoms with Gasteiger partial charge in [-0.25, -0.2) is 5.48 Å². The summed E-state index contributed by atoms with van der Waals surface area (Å²) in [5.74, 6) is 0.160. The number of hydroxylamine groups is 1. The highest BCUT2D eigenvalue weighted by molar-refractivity contribution is 5.86. The fourth-order valence-corrected chi connectivity index (χ4v) is 2.13. The molecule has 0 fully saturated rings. The van der Waals surface area contributed by atoms with Crippen LogP contribution in [0.5, 0.6) is 5.75 Å². The largest absolute Gasteiger partial charge is 0.491 e. The fourth-order valence-electron chi connectivity index (χ4n) is 2.13. The number of ether oxygens (including phenoxy) is 1. The molecule has 1 rings (SSSR count). The minimum Gasteiger partial charge on any atom is -0.491 e. The molecule has 0 unspecified atom stereocenters. The van der Waals surface area contributed by atoms with Crippen molar-refractivity contribution in [2.24, 2.45) is 5.92 Å². The second-order valence-corrected chi connectivity index (χ2v) is 5.40. The van der Waals surface area contributed by atoms with Crippen molar-refractivity contribution in [3.63, 3.8) is 0 Å². The normalized spacial score (nSPS) is 14.0. The van der Waals surface area contributed by atoms with Crippen molar-refractivity contribution in [2.75, 3.05) is 13.2 Å². The van der Waals surface area contributed by atoms with E-state index in [-0.39, 0.29) is 19.1 Å². The van der Waals surface area contributed by atoms with Crippen LogP contribution < -0.4 is 10.2 Å². The van der Waals surface area contributed by atoms with Gasteiger partial charge in [0.1, 0.15) is 12.4 Å². The quantitative estimate of drug-likeness (QED) is 0.227.